The Kier molecular flexibility index (Phi) is 7.28. The molecule has 0 N–H and O–H groups in total. The Balaban J connectivity index is 2.36. The highest BCUT2D eigenvalue weighted by molar-refractivity contribution is 7.48. The first-order valence-corrected chi connectivity index (χ1v) is 9.80. The number of ether oxygens (including phenoxy) is 2. The highest BCUT2D eigenvalue weighted by Crippen LogP contribution is 2.43. The highest BCUT2D eigenvalue weighted by atomic mass is 31.1. The zero-order valence-electron chi connectivity index (χ0n) is 16.2. The van der Waals surface area contributed by atoms with Gasteiger partial charge in [-0.05, 0) is 43.3 Å². The number of hydrogen-bond donors (Lipinski definition) is 0. The van der Waals surface area contributed by atoms with E-state index in [0.29, 0.717) is 14.2 Å². The molecular formula is C21H30NO2P. The Bertz CT molecular complexity index is 700. The van der Waals surface area contributed by atoms with Gasteiger partial charge in [0, 0.05) is 38.1 Å². The second-order valence-corrected chi connectivity index (χ2v) is 8.14. The molecule has 2 aromatic rings. The largest absolute Gasteiger partial charge is 0.467 e. The fourth-order valence-electron chi connectivity index (χ4n) is 2.92. The third kappa shape index (κ3) is 5.20. The molecule has 0 heterocycles. The van der Waals surface area contributed by atoms with Gasteiger partial charge in [-0.25, -0.2) is 0 Å². The van der Waals surface area contributed by atoms with Gasteiger partial charge in [-0.1, -0.05) is 45.3 Å². The number of hydrogen-bond acceptors (Lipinski definition) is 3. The van der Waals surface area contributed by atoms with Crippen molar-refractivity contribution in [3.63, 3.8) is 0 Å². The van der Waals surface area contributed by atoms with E-state index < -0.39 is 0 Å². The van der Waals surface area contributed by atoms with Gasteiger partial charge in [0.05, 0.1) is 0 Å². The van der Waals surface area contributed by atoms with Crippen LogP contribution in [-0.4, -0.2) is 28.0 Å². The first kappa shape index (κ1) is 19.8. The van der Waals surface area contributed by atoms with Crippen LogP contribution < -0.4 is 14.9 Å². The van der Waals surface area contributed by atoms with Gasteiger partial charge in [0.1, 0.15) is 5.75 Å². The molecule has 136 valence electrons. The third-order valence-electron chi connectivity index (χ3n) is 4.25. The molecule has 25 heavy (non-hydrogen) atoms. The van der Waals surface area contributed by atoms with Gasteiger partial charge in [0.2, 0.25) is 0 Å². The second-order valence-electron chi connectivity index (χ2n) is 6.61. The standard InChI is InChI=1S/C21H30NO2P/c1-7-20(17-12-15(2)8-10-19(17)24-14-23-6)25-21-11-9-16(3)13-18(21)22(4)5/h8-13,20,25H,7,14H2,1-6H3. The SMILES string of the molecule is CCC(Pc1ccc(C)cc1N(C)C)c1cc(C)ccc1OCOC. The van der Waals surface area contributed by atoms with Crippen LogP contribution in [0.15, 0.2) is 36.4 Å². The molecule has 0 amide bonds. The smallest absolute Gasteiger partial charge is 0.188 e. The quantitative estimate of drug-likeness (QED) is 0.499. The first-order chi connectivity index (χ1) is 12.0. The van der Waals surface area contributed by atoms with Crippen LogP contribution >= 0.6 is 8.58 Å². The lowest BCUT2D eigenvalue weighted by molar-refractivity contribution is 0.0504. The molecule has 0 aliphatic carbocycles. The lowest BCUT2D eigenvalue weighted by Gasteiger charge is -2.24. The van der Waals surface area contributed by atoms with Crippen molar-refractivity contribution < 1.29 is 9.47 Å². The number of methoxy groups -OCH3 is 1. The summed E-state index contributed by atoms with van der Waals surface area (Å²) in [5.41, 5.74) is 5.59. The van der Waals surface area contributed by atoms with Crippen LogP contribution in [0, 0.1) is 13.8 Å². The van der Waals surface area contributed by atoms with Crippen LogP contribution in [0.3, 0.4) is 0 Å². The lowest BCUT2D eigenvalue weighted by atomic mass is 10.1. The van der Waals surface area contributed by atoms with Crippen molar-refractivity contribution in [1.29, 1.82) is 0 Å². The second kappa shape index (κ2) is 9.22. The summed E-state index contributed by atoms with van der Waals surface area (Å²) in [7, 11) is 6.58. The van der Waals surface area contributed by atoms with E-state index in [1.54, 1.807) is 7.11 Å². The van der Waals surface area contributed by atoms with E-state index in [1.165, 1.54) is 27.7 Å². The fraction of sp³-hybridized carbons (Fsp3) is 0.429. The maximum Gasteiger partial charge on any atom is 0.188 e. The monoisotopic (exact) mass is 359 g/mol. The van der Waals surface area contributed by atoms with Crippen molar-refractivity contribution in [2.45, 2.75) is 32.9 Å². The minimum Gasteiger partial charge on any atom is -0.467 e. The van der Waals surface area contributed by atoms with Crippen LogP contribution in [0.1, 0.15) is 35.7 Å². The number of rotatable bonds is 8. The maximum absolute atomic E-state index is 5.83. The molecule has 4 heteroatoms. The van der Waals surface area contributed by atoms with E-state index in [0.717, 1.165) is 12.2 Å². The summed E-state index contributed by atoms with van der Waals surface area (Å²) in [6.45, 7) is 6.82. The number of benzene rings is 2. The van der Waals surface area contributed by atoms with Crippen LogP contribution in [0.2, 0.25) is 0 Å². The zero-order valence-corrected chi connectivity index (χ0v) is 17.2. The van der Waals surface area contributed by atoms with Gasteiger partial charge in [-0.2, -0.15) is 0 Å². The van der Waals surface area contributed by atoms with Crippen molar-refractivity contribution in [2.24, 2.45) is 0 Å². The predicted octanol–water partition coefficient (Wildman–Crippen LogP) is 4.81. The molecule has 0 spiro atoms. The summed E-state index contributed by atoms with van der Waals surface area (Å²) >= 11 is 0. The minimum absolute atomic E-state index is 0.281. The molecule has 0 saturated heterocycles. The van der Waals surface area contributed by atoms with E-state index in [1.807, 2.05) is 0 Å². The van der Waals surface area contributed by atoms with E-state index in [2.05, 4.69) is 76.2 Å². The lowest BCUT2D eigenvalue weighted by Crippen LogP contribution is -2.17. The molecule has 2 unspecified atom stereocenters. The summed E-state index contributed by atoms with van der Waals surface area (Å²) in [4.78, 5) is 2.21. The van der Waals surface area contributed by atoms with Gasteiger partial charge in [0.15, 0.2) is 6.79 Å². The zero-order chi connectivity index (χ0) is 18.4. The average Bonchev–Trinajstić information content (AvgIpc) is 2.59. The number of aryl methyl sites for hydroxylation is 2. The van der Waals surface area contributed by atoms with Gasteiger partial charge in [-0.3, -0.25) is 0 Å². The van der Waals surface area contributed by atoms with E-state index in [9.17, 15) is 0 Å². The van der Waals surface area contributed by atoms with Gasteiger partial charge < -0.3 is 14.4 Å². The molecule has 2 atom stereocenters. The molecule has 0 aliphatic rings. The topological polar surface area (TPSA) is 21.7 Å². The molecule has 2 aromatic carbocycles. The van der Waals surface area contributed by atoms with Gasteiger partial charge in [0.25, 0.3) is 0 Å². The molecule has 0 radical (unpaired) electrons. The van der Waals surface area contributed by atoms with Crippen LogP contribution in [0.25, 0.3) is 0 Å². The van der Waals surface area contributed by atoms with Crippen LogP contribution in [-0.2, 0) is 4.74 Å². The molecule has 3 nitrogen and oxygen atoms in total. The molecule has 2 rings (SSSR count). The van der Waals surface area contributed by atoms with Gasteiger partial charge in [-0.15, -0.1) is 0 Å². The van der Waals surface area contributed by atoms with Gasteiger partial charge >= 0.3 is 0 Å². The first-order valence-electron chi connectivity index (χ1n) is 8.73. The molecular weight excluding hydrogens is 329 g/mol. The van der Waals surface area contributed by atoms with Crippen molar-refractivity contribution in [1.82, 2.24) is 0 Å². The summed E-state index contributed by atoms with van der Waals surface area (Å²) in [6.07, 6.45) is 1.08. The Morgan fingerprint density at radius 1 is 1.04 bits per heavy atom. The average molecular weight is 359 g/mol. The Morgan fingerprint density at radius 3 is 2.36 bits per heavy atom. The van der Waals surface area contributed by atoms with E-state index in [4.69, 9.17) is 9.47 Å². The third-order valence-corrected chi connectivity index (χ3v) is 6.05. The molecule has 0 fully saturated rings. The molecule has 0 aliphatic heterocycles. The summed E-state index contributed by atoms with van der Waals surface area (Å²) in [5, 5.41) is 1.40. The Labute approximate surface area is 154 Å². The minimum atomic E-state index is 0.281. The summed E-state index contributed by atoms with van der Waals surface area (Å²) in [6, 6.07) is 13.2. The van der Waals surface area contributed by atoms with Crippen molar-refractivity contribution in [3.05, 3.63) is 53.1 Å². The number of anilines is 1. The fourth-order valence-corrected chi connectivity index (χ4v) is 4.50. The molecule has 0 bridgehead atoms. The Morgan fingerprint density at radius 2 is 1.72 bits per heavy atom. The molecule has 0 saturated carbocycles. The van der Waals surface area contributed by atoms with Crippen molar-refractivity contribution >= 4 is 19.6 Å². The van der Waals surface area contributed by atoms with Crippen molar-refractivity contribution in [3.8, 4) is 5.75 Å². The van der Waals surface area contributed by atoms with E-state index in [-0.39, 0.29) is 6.79 Å². The van der Waals surface area contributed by atoms with Crippen LogP contribution in [0.5, 0.6) is 5.75 Å². The summed E-state index contributed by atoms with van der Waals surface area (Å²) in [5.74, 6) is 0.935. The summed E-state index contributed by atoms with van der Waals surface area (Å²) < 4.78 is 10.9. The predicted molar refractivity (Wildman–Crippen MR) is 110 cm³/mol. The molecule has 0 aromatic heterocycles. The highest BCUT2D eigenvalue weighted by Gasteiger charge is 2.18. The number of nitrogens with zero attached hydrogens (tertiary/aromatic N) is 1. The van der Waals surface area contributed by atoms with Crippen LogP contribution in [0.4, 0.5) is 5.69 Å². The normalized spacial score (nSPS) is 12.6. The van der Waals surface area contributed by atoms with Crippen molar-refractivity contribution in [2.75, 3.05) is 32.9 Å². The maximum atomic E-state index is 5.83. The Hall–Kier alpha value is -1.57. The van der Waals surface area contributed by atoms with E-state index >= 15 is 0 Å².